The minimum absolute atomic E-state index is 0.109. The third-order valence-electron chi connectivity index (χ3n) is 3.22. The molecule has 0 aliphatic heterocycles. The topological polar surface area (TPSA) is 15.3 Å². The molecule has 0 unspecified atom stereocenters. The molecule has 0 bridgehead atoms. The standard InChI is InChI=1S/C14H21FN2/c1-10(2)16-9-11-5-4-6-13(15)14(11)17(3)12-7-8-12/h4-6,10,12,16H,7-9H2,1-3H3. The summed E-state index contributed by atoms with van der Waals surface area (Å²) in [5.74, 6) is -0.109. The molecular weight excluding hydrogens is 215 g/mol. The lowest BCUT2D eigenvalue weighted by Gasteiger charge is -2.23. The first-order valence-corrected chi connectivity index (χ1v) is 6.33. The molecule has 0 saturated heterocycles. The maximum Gasteiger partial charge on any atom is 0.146 e. The summed E-state index contributed by atoms with van der Waals surface area (Å²) in [4.78, 5) is 2.09. The van der Waals surface area contributed by atoms with Gasteiger partial charge in [0.05, 0.1) is 5.69 Å². The largest absolute Gasteiger partial charge is 0.369 e. The van der Waals surface area contributed by atoms with Crippen molar-refractivity contribution in [3.8, 4) is 0 Å². The van der Waals surface area contributed by atoms with Crippen molar-refractivity contribution in [3.05, 3.63) is 29.6 Å². The molecule has 0 spiro atoms. The minimum atomic E-state index is -0.109. The quantitative estimate of drug-likeness (QED) is 0.845. The summed E-state index contributed by atoms with van der Waals surface area (Å²) in [7, 11) is 1.99. The van der Waals surface area contributed by atoms with Crippen molar-refractivity contribution in [2.75, 3.05) is 11.9 Å². The highest BCUT2D eigenvalue weighted by molar-refractivity contribution is 5.56. The van der Waals surface area contributed by atoms with E-state index in [0.29, 0.717) is 12.1 Å². The zero-order chi connectivity index (χ0) is 12.4. The second-order valence-electron chi connectivity index (χ2n) is 5.13. The Morgan fingerprint density at radius 2 is 2.12 bits per heavy atom. The van der Waals surface area contributed by atoms with Gasteiger partial charge in [-0.15, -0.1) is 0 Å². The van der Waals surface area contributed by atoms with Gasteiger partial charge in [-0.2, -0.15) is 0 Å². The number of anilines is 1. The molecule has 2 nitrogen and oxygen atoms in total. The average Bonchev–Trinajstić information content (AvgIpc) is 3.09. The Morgan fingerprint density at radius 1 is 1.41 bits per heavy atom. The highest BCUT2D eigenvalue weighted by Gasteiger charge is 2.29. The van der Waals surface area contributed by atoms with Gasteiger partial charge in [0.1, 0.15) is 5.82 Å². The highest BCUT2D eigenvalue weighted by atomic mass is 19.1. The number of nitrogens with one attached hydrogen (secondary N) is 1. The van der Waals surface area contributed by atoms with Gasteiger partial charge in [-0.25, -0.2) is 4.39 Å². The molecule has 0 aromatic heterocycles. The third-order valence-corrected chi connectivity index (χ3v) is 3.22. The fraction of sp³-hybridized carbons (Fsp3) is 0.571. The predicted octanol–water partition coefficient (Wildman–Crippen LogP) is 2.92. The number of benzene rings is 1. The second-order valence-corrected chi connectivity index (χ2v) is 5.13. The molecule has 1 aliphatic rings. The van der Waals surface area contributed by atoms with E-state index >= 15 is 0 Å². The summed E-state index contributed by atoms with van der Waals surface area (Å²) in [6.07, 6.45) is 2.36. The lowest BCUT2D eigenvalue weighted by molar-refractivity contribution is 0.579. The van der Waals surface area contributed by atoms with Crippen molar-refractivity contribution in [2.24, 2.45) is 0 Å². The fourth-order valence-electron chi connectivity index (χ4n) is 2.06. The first-order valence-electron chi connectivity index (χ1n) is 6.33. The van der Waals surface area contributed by atoms with Gasteiger partial charge in [0.15, 0.2) is 0 Å². The Bertz CT molecular complexity index is 386. The Morgan fingerprint density at radius 3 is 2.71 bits per heavy atom. The fourth-order valence-corrected chi connectivity index (χ4v) is 2.06. The third kappa shape index (κ3) is 2.97. The van der Waals surface area contributed by atoms with Crippen LogP contribution >= 0.6 is 0 Å². The van der Waals surface area contributed by atoms with Crippen molar-refractivity contribution in [2.45, 2.75) is 45.3 Å². The number of hydrogen-bond donors (Lipinski definition) is 1. The van der Waals surface area contributed by atoms with Crippen molar-refractivity contribution < 1.29 is 4.39 Å². The van der Waals surface area contributed by atoms with Crippen LogP contribution in [0.3, 0.4) is 0 Å². The molecule has 94 valence electrons. The molecule has 1 aromatic rings. The predicted molar refractivity (Wildman–Crippen MR) is 69.8 cm³/mol. The molecule has 0 radical (unpaired) electrons. The number of hydrogen-bond acceptors (Lipinski definition) is 2. The summed E-state index contributed by atoms with van der Waals surface area (Å²) in [5.41, 5.74) is 1.82. The lowest BCUT2D eigenvalue weighted by Crippen LogP contribution is -2.26. The van der Waals surface area contributed by atoms with E-state index in [1.807, 2.05) is 13.1 Å². The zero-order valence-electron chi connectivity index (χ0n) is 10.8. The van der Waals surface area contributed by atoms with Crippen LogP contribution in [0.5, 0.6) is 0 Å². The Balaban J connectivity index is 2.20. The van der Waals surface area contributed by atoms with Crippen molar-refractivity contribution in [3.63, 3.8) is 0 Å². The molecular formula is C14H21FN2. The molecule has 1 aromatic carbocycles. The van der Waals surface area contributed by atoms with Crippen LogP contribution in [-0.2, 0) is 6.54 Å². The van der Waals surface area contributed by atoms with E-state index < -0.39 is 0 Å². The summed E-state index contributed by atoms with van der Waals surface area (Å²) in [5, 5.41) is 3.35. The second kappa shape index (κ2) is 5.05. The van der Waals surface area contributed by atoms with Crippen molar-refractivity contribution in [1.29, 1.82) is 0 Å². The van der Waals surface area contributed by atoms with Gasteiger partial charge in [-0.1, -0.05) is 26.0 Å². The van der Waals surface area contributed by atoms with Crippen LogP contribution in [0.2, 0.25) is 0 Å². The molecule has 0 heterocycles. The maximum atomic E-state index is 13.9. The van der Waals surface area contributed by atoms with Crippen LogP contribution in [0, 0.1) is 5.82 Å². The van der Waals surface area contributed by atoms with Gasteiger partial charge in [0, 0.05) is 25.7 Å². The summed E-state index contributed by atoms with van der Waals surface area (Å²) >= 11 is 0. The van der Waals surface area contributed by atoms with Crippen LogP contribution in [0.4, 0.5) is 10.1 Å². The van der Waals surface area contributed by atoms with E-state index in [4.69, 9.17) is 0 Å². The van der Waals surface area contributed by atoms with Gasteiger partial charge < -0.3 is 10.2 Å². The molecule has 17 heavy (non-hydrogen) atoms. The first kappa shape index (κ1) is 12.4. The van der Waals surface area contributed by atoms with E-state index in [1.165, 1.54) is 12.8 Å². The van der Waals surface area contributed by atoms with Crippen LogP contribution in [0.25, 0.3) is 0 Å². The monoisotopic (exact) mass is 236 g/mol. The van der Waals surface area contributed by atoms with Crippen molar-refractivity contribution >= 4 is 5.69 Å². The van der Waals surface area contributed by atoms with Gasteiger partial charge in [0.2, 0.25) is 0 Å². The Labute approximate surface area is 103 Å². The van der Waals surface area contributed by atoms with Crippen molar-refractivity contribution in [1.82, 2.24) is 5.32 Å². The summed E-state index contributed by atoms with van der Waals surface area (Å²) in [6.45, 7) is 4.93. The van der Waals surface area contributed by atoms with Gasteiger partial charge in [0.25, 0.3) is 0 Å². The van der Waals surface area contributed by atoms with E-state index in [-0.39, 0.29) is 5.82 Å². The highest BCUT2D eigenvalue weighted by Crippen LogP contribution is 2.33. The van der Waals surface area contributed by atoms with Crippen LogP contribution in [-0.4, -0.2) is 19.1 Å². The zero-order valence-corrected chi connectivity index (χ0v) is 10.8. The van der Waals surface area contributed by atoms with Gasteiger partial charge in [-0.3, -0.25) is 0 Å². The molecule has 2 rings (SSSR count). The van der Waals surface area contributed by atoms with E-state index in [0.717, 1.165) is 17.8 Å². The Hall–Kier alpha value is -1.09. The van der Waals surface area contributed by atoms with Crippen LogP contribution in [0.1, 0.15) is 32.3 Å². The summed E-state index contributed by atoms with van der Waals surface area (Å²) in [6, 6.07) is 6.29. The number of rotatable bonds is 5. The van der Waals surface area contributed by atoms with Crippen LogP contribution in [0.15, 0.2) is 18.2 Å². The molecule has 1 fully saturated rings. The summed E-state index contributed by atoms with van der Waals surface area (Å²) < 4.78 is 13.9. The first-order chi connectivity index (χ1) is 8.09. The minimum Gasteiger partial charge on any atom is -0.369 e. The van der Waals surface area contributed by atoms with Gasteiger partial charge >= 0.3 is 0 Å². The van der Waals surface area contributed by atoms with E-state index in [9.17, 15) is 4.39 Å². The Kier molecular flexibility index (Phi) is 3.67. The lowest BCUT2D eigenvalue weighted by atomic mass is 10.1. The molecule has 0 amide bonds. The van der Waals surface area contributed by atoms with Crippen LogP contribution < -0.4 is 10.2 Å². The molecule has 1 saturated carbocycles. The van der Waals surface area contributed by atoms with E-state index in [1.54, 1.807) is 12.1 Å². The SMILES string of the molecule is CC(C)NCc1cccc(F)c1N(C)C1CC1. The molecule has 1 aliphatic carbocycles. The molecule has 1 N–H and O–H groups in total. The van der Waals surface area contributed by atoms with E-state index in [2.05, 4.69) is 24.1 Å². The maximum absolute atomic E-state index is 13.9. The molecule has 0 atom stereocenters. The normalized spacial score (nSPS) is 15.4. The number of para-hydroxylation sites is 1. The number of nitrogens with zero attached hydrogens (tertiary/aromatic N) is 1. The average molecular weight is 236 g/mol. The number of halogens is 1. The smallest absolute Gasteiger partial charge is 0.146 e. The van der Waals surface area contributed by atoms with Gasteiger partial charge in [-0.05, 0) is 24.5 Å². The molecule has 3 heteroatoms.